The molecule has 0 radical (unpaired) electrons. The summed E-state index contributed by atoms with van der Waals surface area (Å²) in [6, 6.07) is 0.663. The monoisotopic (exact) mass is 270 g/mol. The Bertz CT molecular complexity index is 325. The molecule has 2 saturated heterocycles. The number of carbonyl (C=O) groups excluding carboxylic acids is 2. The van der Waals surface area contributed by atoms with Crippen LogP contribution in [0.4, 0.5) is 4.79 Å². The van der Waals surface area contributed by atoms with Gasteiger partial charge in [-0.05, 0) is 6.92 Å². The van der Waals surface area contributed by atoms with Crippen molar-refractivity contribution in [3.63, 3.8) is 0 Å². The van der Waals surface area contributed by atoms with Crippen LogP contribution in [0, 0.1) is 0 Å². The van der Waals surface area contributed by atoms with Crippen molar-refractivity contribution in [3.8, 4) is 0 Å². The fourth-order valence-electron chi connectivity index (χ4n) is 2.34. The highest BCUT2D eigenvalue weighted by atomic mass is 16.5. The molecule has 2 aliphatic heterocycles. The minimum Gasteiger partial charge on any atom is -0.450 e. The quantitative estimate of drug-likeness (QED) is 0.672. The maximum absolute atomic E-state index is 11.6. The fraction of sp³-hybridized carbons (Fsp3) is 0.833. The van der Waals surface area contributed by atoms with Crippen molar-refractivity contribution in [2.24, 2.45) is 0 Å². The maximum Gasteiger partial charge on any atom is 0.413 e. The van der Waals surface area contributed by atoms with Crippen molar-refractivity contribution in [3.05, 3.63) is 0 Å². The van der Waals surface area contributed by atoms with Gasteiger partial charge in [0.05, 0.1) is 13.2 Å². The van der Waals surface area contributed by atoms with E-state index in [1.807, 2.05) is 0 Å². The number of nitrogens with one attached hydrogen (secondary N) is 2. The molecule has 0 bridgehead atoms. The lowest BCUT2D eigenvalue weighted by Crippen LogP contribution is -2.62. The smallest absolute Gasteiger partial charge is 0.413 e. The minimum absolute atomic E-state index is 0.259. The molecule has 2 N–H and O–H groups in total. The fourth-order valence-corrected chi connectivity index (χ4v) is 2.34. The van der Waals surface area contributed by atoms with Gasteiger partial charge in [0.15, 0.2) is 0 Å². The number of amides is 2. The standard InChI is InChI=1S/C12H22N4O3/c1-2-19-12(18)14-11(17)9-15-3-5-16(6-4-15)10-7-13-8-10/h10,13H,2-9H2,1H3,(H,14,17,18). The van der Waals surface area contributed by atoms with Crippen molar-refractivity contribution in [1.29, 1.82) is 0 Å². The van der Waals surface area contributed by atoms with Crippen molar-refractivity contribution in [2.75, 3.05) is 52.4 Å². The average Bonchev–Trinajstić information content (AvgIpc) is 2.29. The summed E-state index contributed by atoms with van der Waals surface area (Å²) in [5.41, 5.74) is 0. The third-order valence-corrected chi connectivity index (χ3v) is 3.57. The molecule has 2 rings (SSSR count). The Morgan fingerprint density at radius 1 is 1.26 bits per heavy atom. The van der Waals surface area contributed by atoms with Gasteiger partial charge in [-0.15, -0.1) is 0 Å². The van der Waals surface area contributed by atoms with Gasteiger partial charge in [-0.25, -0.2) is 4.79 Å². The van der Waals surface area contributed by atoms with Crippen LogP contribution in [0.25, 0.3) is 0 Å². The molecule has 2 heterocycles. The Kier molecular flexibility index (Phi) is 5.12. The van der Waals surface area contributed by atoms with Crippen molar-refractivity contribution in [1.82, 2.24) is 20.4 Å². The summed E-state index contributed by atoms with van der Waals surface area (Å²) in [5, 5.41) is 5.48. The summed E-state index contributed by atoms with van der Waals surface area (Å²) < 4.78 is 4.67. The van der Waals surface area contributed by atoms with Gasteiger partial charge in [-0.3, -0.25) is 19.9 Å². The SMILES string of the molecule is CCOC(=O)NC(=O)CN1CCN(C2CNC2)CC1. The van der Waals surface area contributed by atoms with Crippen LogP contribution in [0.2, 0.25) is 0 Å². The first-order chi connectivity index (χ1) is 9.19. The third kappa shape index (κ3) is 4.15. The molecule has 0 atom stereocenters. The number of nitrogens with zero attached hydrogens (tertiary/aromatic N) is 2. The molecular weight excluding hydrogens is 248 g/mol. The Morgan fingerprint density at radius 3 is 2.47 bits per heavy atom. The van der Waals surface area contributed by atoms with Crippen LogP contribution in [-0.2, 0) is 9.53 Å². The van der Waals surface area contributed by atoms with E-state index >= 15 is 0 Å². The minimum atomic E-state index is -0.660. The largest absolute Gasteiger partial charge is 0.450 e. The molecule has 7 nitrogen and oxygen atoms in total. The van der Waals surface area contributed by atoms with E-state index in [1.165, 1.54) is 0 Å². The average molecular weight is 270 g/mol. The summed E-state index contributed by atoms with van der Waals surface area (Å²) in [7, 11) is 0. The zero-order chi connectivity index (χ0) is 13.7. The van der Waals surface area contributed by atoms with Crippen LogP contribution in [0.1, 0.15) is 6.92 Å². The van der Waals surface area contributed by atoms with Gasteiger partial charge < -0.3 is 10.1 Å². The molecule has 0 aromatic carbocycles. The molecule has 19 heavy (non-hydrogen) atoms. The molecule has 0 unspecified atom stereocenters. The van der Waals surface area contributed by atoms with Gasteiger partial charge in [-0.2, -0.15) is 0 Å². The van der Waals surface area contributed by atoms with Crippen LogP contribution >= 0.6 is 0 Å². The summed E-state index contributed by atoms with van der Waals surface area (Å²) in [4.78, 5) is 27.2. The Balaban J connectivity index is 1.64. The van der Waals surface area contributed by atoms with Gasteiger partial charge in [0.2, 0.25) is 5.91 Å². The van der Waals surface area contributed by atoms with E-state index in [0.717, 1.165) is 39.3 Å². The predicted molar refractivity (Wildman–Crippen MR) is 69.8 cm³/mol. The van der Waals surface area contributed by atoms with Crippen LogP contribution in [0.3, 0.4) is 0 Å². The molecule has 0 saturated carbocycles. The van der Waals surface area contributed by atoms with E-state index in [0.29, 0.717) is 6.04 Å². The molecule has 0 spiro atoms. The van der Waals surface area contributed by atoms with Gasteiger partial charge in [0.1, 0.15) is 0 Å². The number of carbonyl (C=O) groups is 2. The molecule has 2 amide bonds. The van der Waals surface area contributed by atoms with E-state index in [4.69, 9.17) is 0 Å². The summed E-state index contributed by atoms with van der Waals surface area (Å²) >= 11 is 0. The normalized spacial score (nSPS) is 21.7. The Morgan fingerprint density at radius 2 is 1.95 bits per heavy atom. The van der Waals surface area contributed by atoms with Crippen LogP contribution in [0.5, 0.6) is 0 Å². The number of imide groups is 1. The molecule has 0 aromatic heterocycles. The van der Waals surface area contributed by atoms with Gasteiger partial charge in [0.25, 0.3) is 0 Å². The van der Waals surface area contributed by atoms with E-state index in [1.54, 1.807) is 6.92 Å². The summed E-state index contributed by atoms with van der Waals surface area (Å²) in [5.74, 6) is -0.294. The van der Waals surface area contributed by atoms with Crippen LogP contribution in [-0.4, -0.2) is 80.3 Å². The lowest BCUT2D eigenvalue weighted by molar-refractivity contribution is -0.122. The van der Waals surface area contributed by atoms with Crippen LogP contribution in [0.15, 0.2) is 0 Å². The summed E-state index contributed by atoms with van der Waals surface area (Å²) in [6.07, 6.45) is -0.660. The molecule has 2 aliphatic rings. The van der Waals surface area contributed by atoms with E-state index in [9.17, 15) is 9.59 Å². The number of hydrogen-bond acceptors (Lipinski definition) is 6. The molecule has 2 fully saturated rings. The molecule has 108 valence electrons. The second-order valence-corrected chi connectivity index (χ2v) is 4.89. The van der Waals surface area contributed by atoms with Gasteiger partial charge >= 0.3 is 6.09 Å². The topological polar surface area (TPSA) is 73.9 Å². The van der Waals surface area contributed by atoms with Gasteiger partial charge in [-0.1, -0.05) is 0 Å². The molecular formula is C12H22N4O3. The number of rotatable bonds is 4. The second-order valence-electron chi connectivity index (χ2n) is 4.89. The lowest BCUT2D eigenvalue weighted by Gasteiger charge is -2.43. The Hall–Kier alpha value is -1.18. The number of alkyl carbamates (subject to hydrolysis) is 1. The number of piperazine rings is 1. The first-order valence-electron chi connectivity index (χ1n) is 6.82. The summed E-state index contributed by atoms with van der Waals surface area (Å²) in [6.45, 7) is 8.09. The molecule has 0 aliphatic carbocycles. The highest BCUT2D eigenvalue weighted by molar-refractivity contribution is 5.92. The van der Waals surface area contributed by atoms with Crippen molar-refractivity contribution >= 4 is 12.0 Å². The highest BCUT2D eigenvalue weighted by Crippen LogP contribution is 2.09. The predicted octanol–water partition coefficient (Wildman–Crippen LogP) is -1.15. The third-order valence-electron chi connectivity index (χ3n) is 3.57. The number of ether oxygens (including phenoxy) is 1. The van der Waals surface area contributed by atoms with E-state index in [-0.39, 0.29) is 19.1 Å². The van der Waals surface area contributed by atoms with Crippen molar-refractivity contribution in [2.45, 2.75) is 13.0 Å². The Labute approximate surface area is 113 Å². The van der Waals surface area contributed by atoms with E-state index in [2.05, 4.69) is 25.2 Å². The second kappa shape index (κ2) is 6.83. The maximum atomic E-state index is 11.6. The van der Waals surface area contributed by atoms with Crippen molar-refractivity contribution < 1.29 is 14.3 Å². The molecule has 7 heteroatoms. The van der Waals surface area contributed by atoms with Gasteiger partial charge in [0, 0.05) is 45.3 Å². The zero-order valence-electron chi connectivity index (χ0n) is 11.4. The molecule has 0 aromatic rings. The highest BCUT2D eigenvalue weighted by Gasteiger charge is 2.28. The lowest BCUT2D eigenvalue weighted by atomic mass is 10.1. The first-order valence-corrected chi connectivity index (χ1v) is 6.82. The van der Waals surface area contributed by atoms with Crippen LogP contribution < -0.4 is 10.6 Å². The first kappa shape index (κ1) is 14.2. The number of hydrogen-bond donors (Lipinski definition) is 2. The zero-order valence-corrected chi connectivity index (χ0v) is 11.4. The van der Waals surface area contributed by atoms with E-state index < -0.39 is 6.09 Å².